The fraction of sp³-hybridized carbons (Fsp3) is 0.538. The highest BCUT2D eigenvalue weighted by molar-refractivity contribution is 7.91. The summed E-state index contributed by atoms with van der Waals surface area (Å²) < 4.78 is 49.2. The standard InChI is InChI=1S/C13H16F2N2O2S/c14-13(15)20(18,19)12-4-2-1-3-10(12)17-6-5-9-7-16-8-11(9)17/h1-4,9,11,13,16H,5-8H2/t9-,11+/m0/s1. The van der Waals surface area contributed by atoms with Gasteiger partial charge in [0.25, 0.3) is 0 Å². The molecule has 3 rings (SSSR count). The molecule has 0 radical (unpaired) electrons. The number of fused-ring (bicyclic) bond motifs is 1. The van der Waals surface area contributed by atoms with Crippen molar-refractivity contribution in [3.05, 3.63) is 24.3 Å². The van der Waals surface area contributed by atoms with E-state index in [1.165, 1.54) is 12.1 Å². The summed E-state index contributed by atoms with van der Waals surface area (Å²) in [5.41, 5.74) is 0.406. The summed E-state index contributed by atoms with van der Waals surface area (Å²) in [6, 6.07) is 6.26. The Bertz CT molecular complexity index is 606. The van der Waals surface area contributed by atoms with Crippen LogP contribution in [-0.2, 0) is 9.84 Å². The summed E-state index contributed by atoms with van der Waals surface area (Å²) in [4.78, 5) is 1.70. The highest BCUT2D eigenvalue weighted by Crippen LogP contribution is 2.36. The number of sulfone groups is 1. The number of halogens is 2. The molecule has 0 aliphatic carbocycles. The minimum Gasteiger partial charge on any atom is -0.366 e. The van der Waals surface area contributed by atoms with Crippen LogP contribution in [0.5, 0.6) is 0 Å². The van der Waals surface area contributed by atoms with Crippen LogP contribution in [0.2, 0.25) is 0 Å². The normalized spacial score (nSPS) is 26.2. The lowest BCUT2D eigenvalue weighted by molar-refractivity contribution is 0.235. The Kier molecular flexibility index (Phi) is 3.41. The van der Waals surface area contributed by atoms with Gasteiger partial charge in [-0.2, -0.15) is 8.78 Å². The van der Waals surface area contributed by atoms with E-state index in [1.807, 2.05) is 4.90 Å². The number of hydrogen-bond acceptors (Lipinski definition) is 4. The van der Waals surface area contributed by atoms with Gasteiger partial charge in [-0.05, 0) is 24.5 Å². The molecule has 0 spiro atoms. The van der Waals surface area contributed by atoms with E-state index in [0.29, 0.717) is 18.2 Å². The van der Waals surface area contributed by atoms with Crippen molar-refractivity contribution in [1.29, 1.82) is 0 Å². The van der Waals surface area contributed by atoms with E-state index in [-0.39, 0.29) is 10.9 Å². The first-order valence-electron chi connectivity index (χ1n) is 6.60. The molecular formula is C13H16F2N2O2S. The Morgan fingerprint density at radius 1 is 1.25 bits per heavy atom. The van der Waals surface area contributed by atoms with Crippen molar-refractivity contribution in [2.75, 3.05) is 24.5 Å². The Morgan fingerprint density at radius 3 is 2.75 bits per heavy atom. The molecule has 0 bridgehead atoms. The van der Waals surface area contributed by atoms with Gasteiger partial charge in [-0.25, -0.2) is 8.42 Å². The first-order valence-corrected chi connectivity index (χ1v) is 8.15. The fourth-order valence-electron chi connectivity index (χ4n) is 3.18. The van der Waals surface area contributed by atoms with Crippen molar-refractivity contribution in [3.8, 4) is 0 Å². The summed E-state index contributed by atoms with van der Waals surface area (Å²) in [5, 5.41) is 3.27. The average molecular weight is 302 g/mol. The molecule has 2 saturated heterocycles. The maximum Gasteiger partial charge on any atom is 0.341 e. The van der Waals surface area contributed by atoms with Crippen LogP contribution in [0.3, 0.4) is 0 Å². The van der Waals surface area contributed by atoms with Crippen molar-refractivity contribution in [3.63, 3.8) is 0 Å². The third-order valence-corrected chi connectivity index (χ3v) is 5.59. The molecule has 1 aromatic carbocycles. The predicted molar refractivity (Wildman–Crippen MR) is 71.7 cm³/mol. The molecule has 2 aliphatic heterocycles. The number of nitrogens with one attached hydrogen (secondary N) is 1. The van der Waals surface area contributed by atoms with Crippen LogP contribution >= 0.6 is 0 Å². The molecule has 2 aliphatic rings. The van der Waals surface area contributed by atoms with Gasteiger partial charge in [0.1, 0.15) is 0 Å². The Morgan fingerprint density at radius 2 is 2.00 bits per heavy atom. The Hall–Kier alpha value is -1.21. The minimum absolute atomic E-state index is 0.198. The van der Waals surface area contributed by atoms with E-state index in [1.54, 1.807) is 12.1 Å². The molecule has 0 amide bonds. The van der Waals surface area contributed by atoms with E-state index >= 15 is 0 Å². The average Bonchev–Trinajstić information content (AvgIpc) is 3.00. The van der Waals surface area contributed by atoms with Gasteiger partial charge in [0, 0.05) is 25.7 Å². The van der Waals surface area contributed by atoms with E-state index < -0.39 is 15.6 Å². The zero-order chi connectivity index (χ0) is 14.3. The number of hydrogen-bond donors (Lipinski definition) is 1. The van der Waals surface area contributed by atoms with Gasteiger partial charge in [-0.15, -0.1) is 0 Å². The highest BCUT2D eigenvalue weighted by Gasteiger charge is 2.40. The summed E-state index contributed by atoms with van der Waals surface area (Å²) in [7, 11) is -4.57. The zero-order valence-electron chi connectivity index (χ0n) is 10.8. The second-order valence-electron chi connectivity index (χ2n) is 5.24. The van der Waals surface area contributed by atoms with Gasteiger partial charge in [0.15, 0.2) is 0 Å². The molecule has 2 atom stereocenters. The molecule has 110 valence electrons. The predicted octanol–water partition coefficient (Wildman–Crippen LogP) is 1.48. The van der Waals surface area contributed by atoms with Gasteiger partial charge in [-0.1, -0.05) is 12.1 Å². The molecule has 2 fully saturated rings. The zero-order valence-corrected chi connectivity index (χ0v) is 11.6. The molecule has 2 heterocycles. The number of para-hydroxylation sites is 1. The largest absolute Gasteiger partial charge is 0.366 e. The molecule has 0 saturated carbocycles. The quantitative estimate of drug-likeness (QED) is 0.919. The molecule has 4 nitrogen and oxygen atoms in total. The lowest BCUT2D eigenvalue weighted by Gasteiger charge is -2.27. The van der Waals surface area contributed by atoms with Crippen LogP contribution in [0.15, 0.2) is 29.2 Å². The second kappa shape index (κ2) is 4.96. The van der Waals surface area contributed by atoms with Crippen molar-refractivity contribution in [2.24, 2.45) is 5.92 Å². The van der Waals surface area contributed by atoms with Gasteiger partial charge in [0.05, 0.1) is 10.6 Å². The number of rotatable bonds is 3. The highest BCUT2D eigenvalue weighted by atomic mass is 32.2. The van der Waals surface area contributed by atoms with Crippen LogP contribution in [0.25, 0.3) is 0 Å². The van der Waals surface area contributed by atoms with Crippen LogP contribution in [-0.4, -0.2) is 39.9 Å². The third-order valence-electron chi connectivity index (χ3n) is 4.16. The third kappa shape index (κ3) is 2.09. The Balaban J connectivity index is 2.03. The molecule has 7 heteroatoms. The van der Waals surface area contributed by atoms with Crippen LogP contribution in [0.1, 0.15) is 6.42 Å². The summed E-state index contributed by atoms with van der Waals surface area (Å²) in [5.74, 6) is -2.92. The molecule has 20 heavy (non-hydrogen) atoms. The van der Waals surface area contributed by atoms with Crippen LogP contribution in [0.4, 0.5) is 14.5 Å². The molecule has 0 aromatic heterocycles. The van der Waals surface area contributed by atoms with Crippen LogP contribution < -0.4 is 10.2 Å². The summed E-state index contributed by atoms with van der Waals surface area (Å²) >= 11 is 0. The number of alkyl halides is 2. The first-order chi connectivity index (χ1) is 9.51. The smallest absolute Gasteiger partial charge is 0.341 e. The SMILES string of the molecule is O=S(=O)(c1ccccc1N1CC[C@H]2CNC[C@H]21)C(F)F. The van der Waals surface area contributed by atoms with Crippen molar-refractivity contribution in [2.45, 2.75) is 23.1 Å². The summed E-state index contributed by atoms with van der Waals surface area (Å²) in [6.07, 6.45) is 0.959. The topological polar surface area (TPSA) is 49.4 Å². The van der Waals surface area contributed by atoms with Crippen molar-refractivity contribution >= 4 is 15.5 Å². The van der Waals surface area contributed by atoms with E-state index in [2.05, 4.69) is 5.32 Å². The van der Waals surface area contributed by atoms with Gasteiger partial charge in [-0.3, -0.25) is 0 Å². The molecular weight excluding hydrogens is 286 g/mol. The first kappa shape index (κ1) is 13.8. The molecule has 1 aromatic rings. The Labute approximate surface area is 116 Å². The minimum atomic E-state index is -4.57. The fourth-order valence-corrected chi connectivity index (χ4v) is 4.12. The lowest BCUT2D eigenvalue weighted by Crippen LogP contribution is -2.35. The number of nitrogens with zero attached hydrogens (tertiary/aromatic N) is 1. The number of benzene rings is 1. The van der Waals surface area contributed by atoms with Gasteiger partial charge < -0.3 is 10.2 Å². The van der Waals surface area contributed by atoms with Gasteiger partial charge in [0.2, 0.25) is 9.84 Å². The van der Waals surface area contributed by atoms with E-state index in [0.717, 1.165) is 19.5 Å². The molecule has 0 unspecified atom stereocenters. The van der Waals surface area contributed by atoms with Crippen LogP contribution in [0, 0.1) is 5.92 Å². The van der Waals surface area contributed by atoms with E-state index in [9.17, 15) is 17.2 Å². The van der Waals surface area contributed by atoms with Gasteiger partial charge >= 0.3 is 5.76 Å². The monoisotopic (exact) mass is 302 g/mol. The van der Waals surface area contributed by atoms with Crippen molar-refractivity contribution in [1.82, 2.24) is 5.32 Å². The maximum atomic E-state index is 12.8. The maximum absolute atomic E-state index is 12.8. The van der Waals surface area contributed by atoms with E-state index in [4.69, 9.17) is 0 Å². The second-order valence-corrected chi connectivity index (χ2v) is 7.13. The summed E-state index contributed by atoms with van der Waals surface area (Å²) in [6.45, 7) is 2.39. The lowest BCUT2D eigenvalue weighted by atomic mass is 10.1. The molecule has 1 N–H and O–H groups in total. The number of anilines is 1. The van der Waals surface area contributed by atoms with Crippen molar-refractivity contribution < 1.29 is 17.2 Å².